The van der Waals surface area contributed by atoms with E-state index >= 15 is 0 Å². The zero-order valence-corrected chi connectivity index (χ0v) is 11.2. The first-order chi connectivity index (χ1) is 9.61. The molecule has 1 aromatic carbocycles. The molecule has 1 amide bonds. The van der Waals surface area contributed by atoms with Crippen molar-refractivity contribution in [3.05, 3.63) is 59.0 Å². The van der Waals surface area contributed by atoms with Gasteiger partial charge in [-0.1, -0.05) is 13.0 Å². The van der Waals surface area contributed by atoms with Gasteiger partial charge in [0.15, 0.2) is 0 Å². The van der Waals surface area contributed by atoms with E-state index in [9.17, 15) is 9.59 Å². The van der Waals surface area contributed by atoms with Gasteiger partial charge in [-0.15, -0.1) is 0 Å². The predicted octanol–water partition coefficient (Wildman–Crippen LogP) is 2.02. The van der Waals surface area contributed by atoms with E-state index in [4.69, 9.17) is 5.73 Å². The summed E-state index contributed by atoms with van der Waals surface area (Å²) in [5, 5.41) is 2.79. The van der Waals surface area contributed by atoms with E-state index in [-0.39, 0.29) is 11.5 Å². The number of pyridine rings is 1. The molecular weight excluding hydrogens is 254 g/mol. The third-order valence-corrected chi connectivity index (χ3v) is 3.05. The highest BCUT2D eigenvalue weighted by atomic mass is 16.2. The molecule has 2 rings (SSSR count). The van der Waals surface area contributed by atoms with E-state index in [0.29, 0.717) is 17.8 Å². The summed E-state index contributed by atoms with van der Waals surface area (Å²) < 4.78 is 1.44. The van der Waals surface area contributed by atoms with E-state index in [0.717, 1.165) is 0 Å². The number of nitrogen functional groups attached to an aromatic ring is 1. The smallest absolute Gasteiger partial charge is 0.251 e. The van der Waals surface area contributed by atoms with Gasteiger partial charge in [0.1, 0.15) is 6.04 Å². The minimum Gasteiger partial charge on any atom is -0.399 e. The Balaban J connectivity index is 2.20. The van der Waals surface area contributed by atoms with Crippen molar-refractivity contribution in [1.29, 1.82) is 0 Å². The van der Waals surface area contributed by atoms with Gasteiger partial charge in [0.05, 0.1) is 0 Å². The second kappa shape index (κ2) is 6.06. The standard InChI is InChI=1S/C15H17N3O2/c1-2-13(18-10-4-3-5-14(18)19)15(20)17-12-8-6-11(16)7-9-12/h3-10,13H,2,16H2,1H3,(H,17,20). The highest BCUT2D eigenvalue weighted by Gasteiger charge is 2.18. The number of carbonyl (C=O) groups is 1. The van der Waals surface area contributed by atoms with Crippen molar-refractivity contribution in [3.63, 3.8) is 0 Å². The van der Waals surface area contributed by atoms with Crippen molar-refractivity contribution in [3.8, 4) is 0 Å². The highest BCUT2D eigenvalue weighted by molar-refractivity contribution is 5.93. The third-order valence-electron chi connectivity index (χ3n) is 3.05. The zero-order chi connectivity index (χ0) is 14.5. The van der Waals surface area contributed by atoms with Crippen molar-refractivity contribution in [2.75, 3.05) is 11.1 Å². The van der Waals surface area contributed by atoms with Crippen LogP contribution >= 0.6 is 0 Å². The number of hydrogen-bond acceptors (Lipinski definition) is 3. The maximum absolute atomic E-state index is 12.3. The van der Waals surface area contributed by atoms with Crippen molar-refractivity contribution in [2.24, 2.45) is 0 Å². The van der Waals surface area contributed by atoms with E-state index in [2.05, 4.69) is 5.32 Å². The minimum atomic E-state index is -0.527. The lowest BCUT2D eigenvalue weighted by atomic mass is 10.2. The Morgan fingerprint density at radius 1 is 1.25 bits per heavy atom. The van der Waals surface area contributed by atoms with Crippen molar-refractivity contribution < 1.29 is 4.79 Å². The molecule has 0 bridgehead atoms. The van der Waals surface area contributed by atoms with E-state index in [1.54, 1.807) is 42.6 Å². The summed E-state index contributed by atoms with van der Waals surface area (Å²) in [7, 11) is 0. The molecule has 0 saturated heterocycles. The fraction of sp³-hybridized carbons (Fsp3) is 0.200. The van der Waals surface area contributed by atoms with Gasteiger partial charge in [0.2, 0.25) is 5.91 Å². The van der Waals surface area contributed by atoms with Crippen LogP contribution in [0.4, 0.5) is 11.4 Å². The summed E-state index contributed by atoms with van der Waals surface area (Å²) in [6.45, 7) is 1.87. The number of hydrogen-bond donors (Lipinski definition) is 2. The Morgan fingerprint density at radius 3 is 2.55 bits per heavy atom. The van der Waals surface area contributed by atoms with Gasteiger partial charge in [-0.2, -0.15) is 0 Å². The predicted molar refractivity (Wildman–Crippen MR) is 79.5 cm³/mol. The maximum Gasteiger partial charge on any atom is 0.251 e. The van der Waals surface area contributed by atoms with Gasteiger partial charge in [-0.25, -0.2) is 0 Å². The molecule has 0 fully saturated rings. The van der Waals surface area contributed by atoms with Gasteiger partial charge in [0.25, 0.3) is 5.56 Å². The van der Waals surface area contributed by atoms with Gasteiger partial charge in [0, 0.05) is 23.6 Å². The van der Waals surface area contributed by atoms with Crippen LogP contribution < -0.4 is 16.6 Å². The van der Waals surface area contributed by atoms with E-state index < -0.39 is 6.04 Å². The van der Waals surface area contributed by atoms with Crippen molar-refractivity contribution >= 4 is 17.3 Å². The molecule has 104 valence electrons. The normalized spacial score (nSPS) is 11.8. The Morgan fingerprint density at radius 2 is 1.95 bits per heavy atom. The van der Waals surface area contributed by atoms with Gasteiger partial charge < -0.3 is 15.6 Å². The SMILES string of the molecule is CCC(C(=O)Nc1ccc(N)cc1)n1ccccc1=O. The van der Waals surface area contributed by atoms with Crippen LogP contribution in [0.25, 0.3) is 0 Å². The van der Waals surface area contributed by atoms with Crippen LogP contribution in [-0.2, 0) is 4.79 Å². The summed E-state index contributed by atoms with van der Waals surface area (Å²) in [6.07, 6.45) is 2.16. The Hall–Kier alpha value is -2.56. The van der Waals surface area contributed by atoms with Crippen LogP contribution in [0.5, 0.6) is 0 Å². The molecule has 0 saturated carbocycles. The topological polar surface area (TPSA) is 77.1 Å². The summed E-state index contributed by atoms with van der Waals surface area (Å²) in [4.78, 5) is 24.1. The molecule has 0 radical (unpaired) electrons. The lowest BCUT2D eigenvalue weighted by molar-refractivity contribution is -0.119. The second-order valence-electron chi connectivity index (χ2n) is 4.48. The van der Waals surface area contributed by atoms with E-state index in [1.165, 1.54) is 10.6 Å². The van der Waals surface area contributed by atoms with Crippen LogP contribution in [0.2, 0.25) is 0 Å². The molecule has 0 spiro atoms. The third kappa shape index (κ3) is 3.06. The first kappa shape index (κ1) is 13.9. The van der Waals surface area contributed by atoms with Crippen molar-refractivity contribution in [2.45, 2.75) is 19.4 Å². The molecule has 0 aliphatic carbocycles. The van der Waals surface area contributed by atoms with Crippen LogP contribution in [0.1, 0.15) is 19.4 Å². The zero-order valence-electron chi connectivity index (χ0n) is 11.2. The number of nitrogens with one attached hydrogen (secondary N) is 1. The Kier molecular flexibility index (Phi) is 4.20. The molecule has 5 heteroatoms. The van der Waals surface area contributed by atoms with Gasteiger partial charge >= 0.3 is 0 Å². The number of nitrogens with two attached hydrogens (primary N) is 1. The fourth-order valence-corrected chi connectivity index (χ4v) is 2.00. The summed E-state index contributed by atoms with van der Waals surface area (Å²) in [6, 6.07) is 11.2. The Labute approximate surface area is 117 Å². The number of rotatable bonds is 4. The number of aromatic nitrogens is 1. The maximum atomic E-state index is 12.3. The second-order valence-corrected chi connectivity index (χ2v) is 4.48. The summed E-state index contributed by atoms with van der Waals surface area (Å²) in [5.74, 6) is -0.217. The molecule has 1 atom stereocenters. The largest absolute Gasteiger partial charge is 0.399 e. The van der Waals surface area contributed by atoms with Crippen molar-refractivity contribution in [1.82, 2.24) is 4.57 Å². The van der Waals surface area contributed by atoms with Crippen LogP contribution in [0.3, 0.4) is 0 Å². The summed E-state index contributed by atoms with van der Waals surface area (Å²) in [5.41, 5.74) is 6.70. The molecule has 1 unspecified atom stereocenters. The van der Waals surface area contributed by atoms with E-state index in [1.807, 2.05) is 6.92 Å². The minimum absolute atomic E-state index is 0.188. The van der Waals surface area contributed by atoms with Crippen LogP contribution in [-0.4, -0.2) is 10.5 Å². The molecule has 2 aromatic rings. The van der Waals surface area contributed by atoms with Gasteiger partial charge in [-0.3, -0.25) is 9.59 Å². The average molecular weight is 271 g/mol. The lowest BCUT2D eigenvalue weighted by Crippen LogP contribution is -2.32. The number of nitrogens with zero attached hydrogens (tertiary/aromatic N) is 1. The van der Waals surface area contributed by atoms with Crippen LogP contribution in [0.15, 0.2) is 53.5 Å². The van der Waals surface area contributed by atoms with Gasteiger partial charge in [-0.05, 0) is 36.8 Å². The molecule has 0 aliphatic heterocycles. The molecule has 20 heavy (non-hydrogen) atoms. The molecular formula is C15H17N3O2. The molecule has 5 nitrogen and oxygen atoms in total. The number of carbonyl (C=O) groups excluding carboxylic acids is 1. The summed E-state index contributed by atoms with van der Waals surface area (Å²) >= 11 is 0. The van der Waals surface area contributed by atoms with Crippen LogP contribution in [0, 0.1) is 0 Å². The first-order valence-corrected chi connectivity index (χ1v) is 6.45. The molecule has 0 aliphatic rings. The first-order valence-electron chi connectivity index (χ1n) is 6.45. The monoisotopic (exact) mass is 271 g/mol. The number of anilines is 2. The fourth-order valence-electron chi connectivity index (χ4n) is 2.00. The quantitative estimate of drug-likeness (QED) is 0.835. The number of benzene rings is 1. The molecule has 3 N–H and O–H groups in total. The average Bonchev–Trinajstić information content (AvgIpc) is 2.44. The number of amides is 1. The highest BCUT2D eigenvalue weighted by Crippen LogP contribution is 2.15. The molecule has 1 heterocycles. The lowest BCUT2D eigenvalue weighted by Gasteiger charge is -2.17. The Bertz CT molecular complexity index is 647. The molecule has 1 aromatic heterocycles.